The third-order valence-electron chi connectivity index (χ3n) is 2.59. The van der Waals surface area contributed by atoms with Crippen LogP contribution in [0, 0.1) is 0 Å². The second-order valence-electron chi connectivity index (χ2n) is 3.84. The maximum atomic E-state index is 9.16. The van der Waals surface area contributed by atoms with Crippen LogP contribution < -0.4 is 0 Å². The fourth-order valence-corrected chi connectivity index (χ4v) is 2.82. The number of rotatable bonds is 8. The largest absolute Gasteiger partial charge is 0.398 e. The third kappa shape index (κ3) is 4.58. The summed E-state index contributed by atoms with van der Waals surface area (Å²) < 4.78 is 21.2. The van der Waals surface area contributed by atoms with Crippen molar-refractivity contribution in [1.29, 1.82) is 0 Å². The summed E-state index contributed by atoms with van der Waals surface area (Å²) in [6.07, 6.45) is 0.00262. The van der Waals surface area contributed by atoms with Crippen LogP contribution in [0.5, 0.6) is 0 Å². The van der Waals surface area contributed by atoms with E-state index < -0.39 is 8.56 Å². The molecular weight excluding hydrogens is 216 g/mol. The van der Waals surface area contributed by atoms with Gasteiger partial charge in [0, 0.05) is 20.3 Å². The average molecular weight is 236 g/mol. The standard InChI is InChI=1S/C9H20O5Si/c1-11-15(3,12-2)7-8(4-10)13-5-9-6-14-9/h8-10H,4-7H2,1-3H3. The van der Waals surface area contributed by atoms with Gasteiger partial charge >= 0.3 is 8.56 Å². The van der Waals surface area contributed by atoms with E-state index >= 15 is 0 Å². The van der Waals surface area contributed by atoms with Gasteiger partial charge in [-0.25, -0.2) is 0 Å². The van der Waals surface area contributed by atoms with Crippen molar-refractivity contribution in [3.8, 4) is 0 Å². The fourth-order valence-electron chi connectivity index (χ4n) is 1.25. The average Bonchev–Trinajstić information content (AvgIpc) is 3.07. The van der Waals surface area contributed by atoms with Gasteiger partial charge in [-0.2, -0.15) is 0 Å². The third-order valence-corrected chi connectivity index (χ3v) is 5.51. The van der Waals surface area contributed by atoms with E-state index in [0.29, 0.717) is 12.7 Å². The van der Waals surface area contributed by atoms with Gasteiger partial charge in [-0.3, -0.25) is 0 Å². The molecule has 6 heteroatoms. The Morgan fingerprint density at radius 1 is 1.47 bits per heavy atom. The van der Waals surface area contributed by atoms with E-state index in [-0.39, 0.29) is 18.8 Å². The van der Waals surface area contributed by atoms with Gasteiger partial charge in [0.2, 0.25) is 0 Å². The van der Waals surface area contributed by atoms with E-state index in [1.807, 2.05) is 6.55 Å². The molecule has 0 aliphatic carbocycles. The number of aliphatic hydroxyl groups excluding tert-OH is 1. The first kappa shape index (κ1) is 13.1. The van der Waals surface area contributed by atoms with Gasteiger partial charge in [0.05, 0.1) is 25.9 Å². The van der Waals surface area contributed by atoms with Crippen molar-refractivity contribution >= 4 is 8.56 Å². The van der Waals surface area contributed by atoms with E-state index in [2.05, 4.69) is 0 Å². The zero-order valence-electron chi connectivity index (χ0n) is 9.56. The highest BCUT2D eigenvalue weighted by atomic mass is 28.4. The van der Waals surface area contributed by atoms with E-state index in [4.69, 9.17) is 23.4 Å². The molecule has 5 nitrogen and oxygen atoms in total. The topological polar surface area (TPSA) is 60.5 Å². The number of aliphatic hydroxyl groups is 1. The van der Waals surface area contributed by atoms with Crippen molar-refractivity contribution < 1.29 is 23.4 Å². The second-order valence-corrected chi connectivity index (χ2v) is 7.33. The zero-order chi connectivity index (χ0) is 11.3. The molecule has 1 heterocycles. The lowest BCUT2D eigenvalue weighted by molar-refractivity contribution is 0.0114. The van der Waals surface area contributed by atoms with Crippen LogP contribution in [0.25, 0.3) is 0 Å². The summed E-state index contributed by atoms with van der Waals surface area (Å²) in [6.45, 7) is 3.25. The molecule has 15 heavy (non-hydrogen) atoms. The normalized spacial score (nSPS) is 22.8. The summed E-state index contributed by atoms with van der Waals surface area (Å²) in [4.78, 5) is 0. The van der Waals surface area contributed by atoms with Crippen molar-refractivity contribution in [2.75, 3.05) is 34.0 Å². The minimum Gasteiger partial charge on any atom is -0.398 e. The molecule has 90 valence electrons. The summed E-state index contributed by atoms with van der Waals surface area (Å²) in [5.74, 6) is 0. The van der Waals surface area contributed by atoms with Gasteiger partial charge in [0.25, 0.3) is 0 Å². The van der Waals surface area contributed by atoms with Crippen LogP contribution in [0.4, 0.5) is 0 Å². The zero-order valence-corrected chi connectivity index (χ0v) is 10.6. The highest BCUT2D eigenvalue weighted by molar-refractivity contribution is 6.66. The molecule has 1 saturated heterocycles. The van der Waals surface area contributed by atoms with Crippen molar-refractivity contribution in [2.24, 2.45) is 0 Å². The van der Waals surface area contributed by atoms with Gasteiger partial charge in [0.15, 0.2) is 0 Å². The smallest absolute Gasteiger partial charge is 0.337 e. The Bertz CT molecular complexity index is 181. The van der Waals surface area contributed by atoms with Gasteiger partial charge in [0.1, 0.15) is 6.10 Å². The summed E-state index contributed by atoms with van der Waals surface area (Å²) in [7, 11) is 1.11. The van der Waals surface area contributed by atoms with Crippen molar-refractivity contribution in [2.45, 2.75) is 24.8 Å². The predicted molar refractivity (Wildman–Crippen MR) is 57.0 cm³/mol. The van der Waals surface area contributed by atoms with Crippen LogP contribution in [-0.2, 0) is 18.3 Å². The molecule has 1 aliphatic heterocycles. The van der Waals surface area contributed by atoms with Crippen LogP contribution in [0.2, 0.25) is 12.6 Å². The van der Waals surface area contributed by atoms with Gasteiger partial charge in [-0.1, -0.05) is 0 Å². The molecule has 0 spiro atoms. The molecule has 2 atom stereocenters. The number of ether oxygens (including phenoxy) is 2. The second kappa shape index (κ2) is 5.93. The first-order chi connectivity index (χ1) is 7.13. The van der Waals surface area contributed by atoms with E-state index in [1.54, 1.807) is 14.2 Å². The van der Waals surface area contributed by atoms with E-state index in [9.17, 15) is 0 Å². The van der Waals surface area contributed by atoms with Crippen molar-refractivity contribution in [1.82, 2.24) is 0 Å². The number of hydrogen-bond acceptors (Lipinski definition) is 5. The first-order valence-electron chi connectivity index (χ1n) is 5.08. The molecule has 0 aromatic carbocycles. The molecule has 0 radical (unpaired) electrons. The lowest BCUT2D eigenvalue weighted by atomic mass is 10.4. The Hall–Kier alpha value is 0.0169. The Labute approximate surface area is 91.5 Å². The molecule has 1 aliphatic rings. The number of hydrogen-bond donors (Lipinski definition) is 1. The van der Waals surface area contributed by atoms with Gasteiger partial charge < -0.3 is 23.4 Å². The summed E-state index contributed by atoms with van der Waals surface area (Å²) >= 11 is 0. The minimum atomic E-state index is -2.16. The summed E-state index contributed by atoms with van der Waals surface area (Å²) in [5.41, 5.74) is 0. The summed E-state index contributed by atoms with van der Waals surface area (Å²) in [5, 5.41) is 9.16. The Balaban J connectivity index is 2.29. The number of epoxide rings is 1. The van der Waals surface area contributed by atoms with Gasteiger partial charge in [-0.05, 0) is 6.55 Å². The Morgan fingerprint density at radius 2 is 2.07 bits per heavy atom. The van der Waals surface area contributed by atoms with E-state index in [0.717, 1.165) is 6.61 Å². The molecule has 1 N–H and O–H groups in total. The van der Waals surface area contributed by atoms with Crippen molar-refractivity contribution in [3.05, 3.63) is 0 Å². The first-order valence-corrected chi connectivity index (χ1v) is 7.60. The molecule has 1 fully saturated rings. The minimum absolute atomic E-state index is 0.0119. The Kier molecular flexibility index (Phi) is 5.17. The molecule has 2 unspecified atom stereocenters. The highest BCUT2D eigenvalue weighted by Crippen LogP contribution is 2.18. The van der Waals surface area contributed by atoms with Crippen LogP contribution in [-0.4, -0.2) is 59.9 Å². The molecule has 0 amide bonds. The van der Waals surface area contributed by atoms with E-state index in [1.165, 1.54) is 0 Å². The predicted octanol–water partition coefficient (Wildman–Crippen LogP) is 0.127. The van der Waals surface area contributed by atoms with Crippen molar-refractivity contribution in [3.63, 3.8) is 0 Å². The maximum absolute atomic E-state index is 9.16. The monoisotopic (exact) mass is 236 g/mol. The molecule has 1 rings (SSSR count). The Morgan fingerprint density at radius 3 is 2.47 bits per heavy atom. The fraction of sp³-hybridized carbons (Fsp3) is 1.00. The lowest BCUT2D eigenvalue weighted by Gasteiger charge is -2.26. The SMILES string of the molecule is CO[Si](C)(CC(CO)OCC1CO1)OC. The molecule has 0 saturated carbocycles. The lowest BCUT2D eigenvalue weighted by Crippen LogP contribution is -2.41. The highest BCUT2D eigenvalue weighted by Gasteiger charge is 2.34. The quantitative estimate of drug-likeness (QED) is 0.479. The molecule has 0 aromatic heterocycles. The van der Waals surface area contributed by atoms with Gasteiger partial charge in [-0.15, -0.1) is 0 Å². The van der Waals surface area contributed by atoms with Crippen LogP contribution in [0.3, 0.4) is 0 Å². The molecule has 0 aromatic rings. The summed E-state index contributed by atoms with van der Waals surface area (Å²) in [6, 6.07) is 0.628. The maximum Gasteiger partial charge on any atom is 0.337 e. The molecule has 0 bridgehead atoms. The molecular formula is C9H20O5Si. The van der Waals surface area contributed by atoms with Crippen LogP contribution >= 0.6 is 0 Å². The van der Waals surface area contributed by atoms with Crippen LogP contribution in [0.15, 0.2) is 0 Å². The van der Waals surface area contributed by atoms with Crippen LogP contribution in [0.1, 0.15) is 0 Å².